The molecule has 0 unspecified atom stereocenters. The maximum absolute atomic E-state index is 7.51. The van der Waals surface area contributed by atoms with Gasteiger partial charge in [0.2, 0.25) is 0 Å². The molecule has 0 atom stereocenters. The normalized spacial score (nSPS) is 12.1. The molecule has 0 radical (unpaired) electrons. The highest BCUT2D eigenvalue weighted by Crippen LogP contribution is 2.38. The first-order valence-corrected chi connectivity index (χ1v) is 8.76. The summed E-state index contributed by atoms with van der Waals surface area (Å²) in [6.07, 6.45) is 2.70. The number of hydrogen-bond donors (Lipinski definition) is 1. The SMILES string of the molecule is [C-]#[N+]c1c(C)nn(-c2ncncn2)c1/N=N/c1c(C(C)(C)C)nn2c(C)n[nH]c12. The van der Waals surface area contributed by atoms with Crippen molar-refractivity contribution in [1.29, 1.82) is 0 Å². The second-order valence-corrected chi connectivity index (χ2v) is 7.40. The molecule has 0 amide bonds. The Balaban J connectivity index is 1.91. The number of hydrogen-bond acceptors (Lipinski definition) is 8. The number of azo groups is 1. The topological polar surface area (TPSA) is 132 Å². The third-order valence-electron chi connectivity index (χ3n) is 4.23. The van der Waals surface area contributed by atoms with Gasteiger partial charge in [-0.1, -0.05) is 20.8 Å². The fourth-order valence-corrected chi connectivity index (χ4v) is 2.83. The van der Waals surface area contributed by atoms with Gasteiger partial charge in [0, 0.05) is 5.41 Å². The van der Waals surface area contributed by atoms with E-state index in [2.05, 4.69) is 50.4 Å². The van der Waals surface area contributed by atoms with Gasteiger partial charge in [0.05, 0.1) is 18.0 Å². The molecule has 1 N–H and O–H groups in total. The van der Waals surface area contributed by atoms with Gasteiger partial charge in [-0.05, 0) is 13.8 Å². The van der Waals surface area contributed by atoms with Crippen molar-refractivity contribution in [3.05, 3.63) is 41.3 Å². The Labute approximate surface area is 165 Å². The van der Waals surface area contributed by atoms with Gasteiger partial charge in [-0.25, -0.2) is 9.83 Å². The summed E-state index contributed by atoms with van der Waals surface area (Å²) in [6.45, 7) is 17.2. The fraction of sp³-hybridized carbons (Fsp3) is 0.353. The van der Waals surface area contributed by atoms with E-state index in [0.29, 0.717) is 22.9 Å². The zero-order valence-electron chi connectivity index (χ0n) is 16.6. The van der Waals surface area contributed by atoms with Crippen LogP contribution in [0.15, 0.2) is 22.9 Å². The Morgan fingerprint density at radius 3 is 2.48 bits per heavy atom. The summed E-state index contributed by atoms with van der Waals surface area (Å²) in [5, 5.41) is 24.9. The van der Waals surface area contributed by atoms with E-state index in [1.165, 1.54) is 17.3 Å². The molecule has 0 fully saturated rings. The molecular weight excluding hydrogens is 372 g/mol. The van der Waals surface area contributed by atoms with Crippen molar-refractivity contribution in [2.45, 2.75) is 40.0 Å². The zero-order valence-corrected chi connectivity index (χ0v) is 16.6. The Bertz CT molecular complexity index is 1260. The van der Waals surface area contributed by atoms with Crippen molar-refractivity contribution in [2.24, 2.45) is 10.2 Å². The first-order chi connectivity index (χ1) is 13.8. The van der Waals surface area contributed by atoms with Crippen molar-refractivity contribution in [3.8, 4) is 5.95 Å². The quantitative estimate of drug-likeness (QED) is 0.422. The highest BCUT2D eigenvalue weighted by atomic mass is 15.4. The third kappa shape index (κ3) is 3.02. The molecule has 29 heavy (non-hydrogen) atoms. The number of aromatic amines is 1. The van der Waals surface area contributed by atoms with Crippen LogP contribution in [0.25, 0.3) is 16.4 Å². The predicted molar refractivity (Wildman–Crippen MR) is 103 cm³/mol. The molecule has 0 saturated carbocycles. The van der Waals surface area contributed by atoms with Gasteiger partial charge in [-0.2, -0.15) is 34.5 Å². The minimum atomic E-state index is -0.277. The average Bonchev–Trinajstić information content (AvgIpc) is 3.33. The summed E-state index contributed by atoms with van der Waals surface area (Å²) in [7, 11) is 0. The van der Waals surface area contributed by atoms with Crippen molar-refractivity contribution in [1.82, 2.24) is 44.5 Å². The Hall–Kier alpha value is -4.01. The Morgan fingerprint density at radius 2 is 1.83 bits per heavy atom. The van der Waals surface area contributed by atoms with Crippen LogP contribution in [0, 0.1) is 20.4 Å². The van der Waals surface area contributed by atoms with E-state index >= 15 is 0 Å². The summed E-state index contributed by atoms with van der Waals surface area (Å²) >= 11 is 0. The number of aromatic nitrogens is 9. The van der Waals surface area contributed by atoms with Gasteiger partial charge in [-0.3, -0.25) is 5.10 Å². The van der Waals surface area contributed by atoms with Gasteiger partial charge in [0.1, 0.15) is 18.5 Å². The van der Waals surface area contributed by atoms with E-state index in [9.17, 15) is 0 Å². The van der Waals surface area contributed by atoms with Crippen LogP contribution in [-0.4, -0.2) is 44.5 Å². The summed E-state index contributed by atoms with van der Waals surface area (Å²) in [5.41, 5.74) is 2.43. The van der Waals surface area contributed by atoms with Gasteiger partial charge < -0.3 is 0 Å². The monoisotopic (exact) mass is 390 g/mol. The highest BCUT2D eigenvalue weighted by molar-refractivity contribution is 5.70. The summed E-state index contributed by atoms with van der Waals surface area (Å²) in [5.74, 6) is 1.19. The number of rotatable bonds is 3. The molecule has 0 aliphatic rings. The number of nitrogens with zero attached hydrogens (tertiary/aromatic N) is 11. The highest BCUT2D eigenvalue weighted by Gasteiger charge is 2.27. The summed E-state index contributed by atoms with van der Waals surface area (Å²) < 4.78 is 3.07. The predicted octanol–water partition coefficient (Wildman–Crippen LogP) is 3.31. The van der Waals surface area contributed by atoms with Crippen molar-refractivity contribution >= 4 is 22.8 Å². The first-order valence-electron chi connectivity index (χ1n) is 8.76. The molecule has 4 aromatic heterocycles. The molecule has 4 aromatic rings. The smallest absolute Gasteiger partial charge is 0.255 e. The van der Waals surface area contributed by atoms with E-state index in [1.54, 1.807) is 11.4 Å². The standard InChI is InChI=1S/C17H18N12/c1-9-11(18-6)14(29(26-9)16-20-7-19-8-21-16)25-23-12-13(17(3,4)5)27-28-10(2)22-24-15(12)28/h7-8,24H,1-5H3/b25-23+. The van der Waals surface area contributed by atoms with Crippen LogP contribution in [0.4, 0.5) is 17.2 Å². The van der Waals surface area contributed by atoms with Crippen LogP contribution in [-0.2, 0) is 5.41 Å². The Morgan fingerprint density at radius 1 is 1.10 bits per heavy atom. The number of nitrogens with one attached hydrogen (secondary N) is 1. The maximum Gasteiger partial charge on any atom is 0.255 e. The van der Waals surface area contributed by atoms with Crippen molar-refractivity contribution in [3.63, 3.8) is 0 Å². The minimum Gasteiger partial charge on any atom is -0.258 e. The van der Waals surface area contributed by atoms with Crippen molar-refractivity contribution < 1.29 is 0 Å². The van der Waals surface area contributed by atoms with E-state index in [-0.39, 0.29) is 22.9 Å². The van der Waals surface area contributed by atoms with Crippen LogP contribution in [0.5, 0.6) is 0 Å². The lowest BCUT2D eigenvalue weighted by atomic mass is 9.91. The van der Waals surface area contributed by atoms with Gasteiger partial charge in [0.15, 0.2) is 17.2 Å². The molecule has 0 saturated heterocycles. The van der Waals surface area contributed by atoms with Crippen LogP contribution in [0.1, 0.15) is 38.0 Å². The third-order valence-corrected chi connectivity index (χ3v) is 4.23. The molecule has 0 bridgehead atoms. The molecule has 4 heterocycles. The fourth-order valence-electron chi connectivity index (χ4n) is 2.83. The van der Waals surface area contributed by atoms with Gasteiger partial charge >= 0.3 is 0 Å². The van der Waals surface area contributed by atoms with Crippen LogP contribution < -0.4 is 0 Å². The maximum atomic E-state index is 7.51. The number of aryl methyl sites for hydroxylation is 2. The van der Waals surface area contributed by atoms with Crippen LogP contribution >= 0.6 is 0 Å². The van der Waals surface area contributed by atoms with E-state index in [4.69, 9.17) is 6.57 Å². The Kier molecular flexibility index (Phi) is 4.15. The molecule has 12 heteroatoms. The average molecular weight is 390 g/mol. The number of H-pyrrole nitrogens is 1. The largest absolute Gasteiger partial charge is 0.258 e. The van der Waals surface area contributed by atoms with Crippen molar-refractivity contribution in [2.75, 3.05) is 0 Å². The first kappa shape index (κ1) is 18.4. The molecule has 12 nitrogen and oxygen atoms in total. The van der Waals surface area contributed by atoms with Gasteiger partial charge in [-0.15, -0.1) is 10.2 Å². The number of fused-ring (bicyclic) bond motifs is 1. The molecule has 0 aromatic carbocycles. The molecule has 0 spiro atoms. The lowest BCUT2D eigenvalue weighted by molar-refractivity contribution is 0.561. The van der Waals surface area contributed by atoms with Crippen LogP contribution in [0.2, 0.25) is 0 Å². The lowest BCUT2D eigenvalue weighted by Crippen LogP contribution is -2.12. The lowest BCUT2D eigenvalue weighted by Gasteiger charge is -2.15. The summed E-state index contributed by atoms with van der Waals surface area (Å²) in [6, 6.07) is 0. The van der Waals surface area contributed by atoms with E-state index < -0.39 is 0 Å². The molecule has 146 valence electrons. The minimum absolute atomic E-state index is 0.235. The zero-order chi connectivity index (χ0) is 20.8. The molecular formula is C17H18N12. The van der Waals surface area contributed by atoms with Gasteiger partial charge in [0.25, 0.3) is 11.6 Å². The molecule has 0 aliphatic carbocycles. The second-order valence-electron chi connectivity index (χ2n) is 7.40. The summed E-state index contributed by atoms with van der Waals surface area (Å²) in [4.78, 5) is 15.6. The van der Waals surface area contributed by atoms with Crippen LogP contribution in [0.3, 0.4) is 0 Å². The molecule has 0 aliphatic heterocycles. The van der Waals surface area contributed by atoms with E-state index in [1.807, 2.05) is 27.7 Å². The second kappa shape index (κ2) is 6.55. The van der Waals surface area contributed by atoms with E-state index in [0.717, 1.165) is 5.69 Å². The molecule has 4 rings (SSSR count).